The Morgan fingerprint density at radius 2 is 1.29 bits per heavy atom. The quantitative estimate of drug-likeness (QED) is 0.384. The van der Waals surface area contributed by atoms with Crippen LogP contribution < -0.4 is 10.6 Å². The Balaban J connectivity index is 1.68. The van der Waals surface area contributed by atoms with Gasteiger partial charge in [0.05, 0.1) is 0 Å². The summed E-state index contributed by atoms with van der Waals surface area (Å²) in [6.45, 7) is 13.4. The van der Waals surface area contributed by atoms with Gasteiger partial charge in [0.2, 0.25) is 5.91 Å². The number of hydrogen-bond acceptors (Lipinski definition) is 5. The van der Waals surface area contributed by atoms with Crippen molar-refractivity contribution in [1.82, 2.24) is 10.6 Å². The van der Waals surface area contributed by atoms with Gasteiger partial charge in [-0.2, -0.15) is 0 Å². The van der Waals surface area contributed by atoms with Crippen LogP contribution >= 0.6 is 0 Å². The first-order valence-electron chi connectivity index (χ1n) is 13.5. The molecule has 3 rings (SSSR count). The van der Waals surface area contributed by atoms with Crippen molar-refractivity contribution in [2.24, 2.45) is 11.8 Å². The van der Waals surface area contributed by atoms with E-state index in [9.17, 15) is 14.4 Å². The molecule has 0 saturated carbocycles. The van der Waals surface area contributed by atoms with E-state index in [1.807, 2.05) is 52.0 Å². The van der Waals surface area contributed by atoms with Crippen LogP contribution in [0.3, 0.4) is 0 Å². The van der Waals surface area contributed by atoms with Gasteiger partial charge in [0.25, 0.3) is 0 Å². The van der Waals surface area contributed by atoms with Crippen LogP contribution in [0.4, 0.5) is 4.79 Å². The van der Waals surface area contributed by atoms with Crippen LogP contribution in [0.1, 0.15) is 78.4 Å². The number of alkyl carbamates (subject to hydrolysis) is 1. The molecule has 0 aliphatic heterocycles. The molecular weight excluding hydrogens is 480 g/mol. The second kappa shape index (κ2) is 12.5. The monoisotopic (exact) mass is 522 g/mol. The lowest BCUT2D eigenvalue weighted by atomic mass is 9.98. The van der Waals surface area contributed by atoms with Crippen LogP contribution in [-0.2, 0) is 19.1 Å². The van der Waals surface area contributed by atoms with E-state index in [4.69, 9.17) is 9.47 Å². The van der Waals surface area contributed by atoms with Crippen molar-refractivity contribution in [2.45, 2.75) is 84.9 Å². The van der Waals surface area contributed by atoms with Crippen molar-refractivity contribution in [1.29, 1.82) is 0 Å². The van der Waals surface area contributed by atoms with E-state index in [2.05, 4.69) is 34.9 Å². The molecule has 38 heavy (non-hydrogen) atoms. The fourth-order valence-electron chi connectivity index (χ4n) is 4.82. The summed E-state index contributed by atoms with van der Waals surface area (Å²) in [5, 5.41) is 5.56. The van der Waals surface area contributed by atoms with Crippen molar-refractivity contribution in [3.05, 3.63) is 59.7 Å². The van der Waals surface area contributed by atoms with Crippen molar-refractivity contribution in [3.8, 4) is 11.1 Å². The van der Waals surface area contributed by atoms with Crippen molar-refractivity contribution in [2.75, 3.05) is 6.61 Å². The predicted octanol–water partition coefficient (Wildman–Crippen LogP) is 5.81. The van der Waals surface area contributed by atoms with Gasteiger partial charge < -0.3 is 20.1 Å². The van der Waals surface area contributed by atoms with Crippen LogP contribution in [0.5, 0.6) is 0 Å². The van der Waals surface area contributed by atoms with Crippen molar-refractivity contribution in [3.63, 3.8) is 0 Å². The zero-order valence-electron chi connectivity index (χ0n) is 23.7. The summed E-state index contributed by atoms with van der Waals surface area (Å²) in [6, 6.07) is 14.6. The second-order valence-electron chi connectivity index (χ2n) is 11.9. The molecule has 0 aromatic heterocycles. The topological polar surface area (TPSA) is 93.7 Å². The summed E-state index contributed by atoms with van der Waals surface area (Å²) in [5.41, 5.74) is 3.85. The molecule has 206 valence electrons. The summed E-state index contributed by atoms with van der Waals surface area (Å²) in [4.78, 5) is 39.0. The number of nitrogens with one attached hydrogen (secondary N) is 2. The molecule has 2 aromatic carbocycles. The van der Waals surface area contributed by atoms with Gasteiger partial charge in [-0.05, 0) is 67.7 Å². The van der Waals surface area contributed by atoms with E-state index >= 15 is 0 Å². The highest BCUT2D eigenvalue weighted by atomic mass is 16.6. The smallest absolute Gasteiger partial charge is 0.407 e. The third-order valence-electron chi connectivity index (χ3n) is 6.37. The average molecular weight is 523 g/mol. The fourth-order valence-corrected chi connectivity index (χ4v) is 4.82. The SMILES string of the molecule is CC(C)C[C@H](NC(=O)OCC1c2ccccc2-c2ccccc21)C(=O)N[C@@H](CC(C)C)C(=O)OC(C)(C)C. The van der Waals surface area contributed by atoms with Gasteiger partial charge in [0.1, 0.15) is 24.3 Å². The molecule has 0 saturated heterocycles. The minimum Gasteiger partial charge on any atom is -0.458 e. The molecule has 0 heterocycles. The van der Waals surface area contributed by atoms with E-state index in [-0.39, 0.29) is 24.4 Å². The second-order valence-corrected chi connectivity index (χ2v) is 11.9. The Hall–Kier alpha value is -3.35. The Morgan fingerprint density at radius 3 is 1.79 bits per heavy atom. The van der Waals surface area contributed by atoms with Crippen LogP contribution in [0.25, 0.3) is 11.1 Å². The van der Waals surface area contributed by atoms with Gasteiger partial charge in [-0.15, -0.1) is 0 Å². The van der Waals surface area contributed by atoms with E-state index in [1.165, 1.54) is 0 Å². The van der Waals surface area contributed by atoms with Crippen LogP contribution in [-0.4, -0.2) is 42.3 Å². The Kier molecular flexibility index (Phi) is 9.58. The first-order valence-corrected chi connectivity index (χ1v) is 13.5. The molecule has 7 nitrogen and oxygen atoms in total. The lowest BCUT2D eigenvalue weighted by Crippen LogP contribution is -2.53. The van der Waals surface area contributed by atoms with Crippen LogP contribution in [0.2, 0.25) is 0 Å². The number of fused-ring (bicyclic) bond motifs is 3. The van der Waals surface area contributed by atoms with Gasteiger partial charge in [-0.1, -0.05) is 76.2 Å². The van der Waals surface area contributed by atoms with E-state index in [0.29, 0.717) is 12.8 Å². The minimum absolute atomic E-state index is 0.0758. The number of carbonyl (C=O) groups excluding carboxylic acids is 3. The van der Waals surface area contributed by atoms with Gasteiger partial charge >= 0.3 is 12.1 Å². The zero-order valence-corrected chi connectivity index (χ0v) is 23.7. The minimum atomic E-state index is -0.845. The third kappa shape index (κ3) is 7.83. The Bertz CT molecular complexity index is 1090. The lowest BCUT2D eigenvalue weighted by molar-refractivity contribution is -0.159. The highest BCUT2D eigenvalue weighted by Gasteiger charge is 2.32. The average Bonchev–Trinajstić information content (AvgIpc) is 3.14. The molecule has 1 aliphatic carbocycles. The zero-order chi connectivity index (χ0) is 28.0. The number of hydrogen-bond donors (Lipinski definition) is 2. The first-order chi connectivity index (χ1) is 17.9. The van der Waals surface area contributed by atoms with Crippen molar-refractivity contribution < 1.29 is 23.9 Å². The van der Waals surface area contributed by atoms with E-state index in [1.54, 1.807) is 20.8 Å². The molecule has 2 amide bonds. The number of rotatable bonds is 10. The highest BCUT2D eigenvalue weighted by Crippen LogP contribution is 2.44. The number of ether oxygens (including phenoxy) is 2. The molecule has 0 spiro atoms. The van der Waals surface area contributed by atoms with Crippen molar-refractivity contribution >= 4 is 18.0 Å². The molecule has 0 fully saturated rings. The molecule has 2 aromatic rings. The third-order valence-corrected chi connectivity index (χ3v) is 6.37. The summed E-state index contributed by atoms with van der Waals surface area (Å²) < 4.78 is 11.2. The molecule has 1 aliphatic rings. The summed E-state index contributed by atoms with van der Waals surface area (Å²) in [5.74, 6) is -0.697. The lowest BCUT2D eigenvalue weighted by Gasteiger charge is -2.27. The maximum atomic E-state index is 13.3. The molecule has 0 radical (unpaired) electrons. The maximum Gasteiger partial charge on any atom is 0.407 e. The van der Waals surface area contributed by atoms with Crippen LogP contribution in [0, 0.1) is 11.8 Å². The first kappa shape index (κ1) is 29.2. The summed E-state index contributed by atoms with van der Waals surface area (Å²) >= 11 is 0. The number of benzene rings is 2. The number of esters is 1. The highest BCUT2D eigenvalue weighted by molar-refractivity contribution is 5.89. The van der Waals surface area contributed by atoms with E-state index < -0.39 is 35.7 Å². The normalized spacial score (nSPS) is 14.4. The summed E-state index contributed by atoms with van der Waals surface area (Å²) in [7, 11) is 0. The molecular formula is C31H42N2O5. The van der Waals surface area contributed by atoms with E-state index in [0.717, 1.165) is 22.3 Å². The molecule has 7 heteroatoms. The maximum absolute atomic E-state index is 13.3. The van der Waals surface area contributed by atoms with Gasteiger partial charge in [-0.25, -0.2) is 9.59 Å². The largest absolute Gasteiger partial charge is 0.458 e. The molecule has 2 atom stereocenters. The Labute approximate surface area is 226 Å². The van der Waals surface area contributed by atoms with Gasteiger partial charge in [0, 0.05) is 5.92 Å². The number of amides is 2. The molecule has 0 bridgehead atoms. The molecule has 2 N–H and O–H groups in total. The van der Waals surface area contributed by atoms with Gasteiger partial charge in [0.15, 0.2) is 0 Å². The predicted molar refractivity (Wildman–Crippen MR) is 149 cm³/mol. The van der Waals surface area contributed by atoms with Gasteiger partial charge in [-0.3, -0.25) is 4.79 Å². The number of carbonyl (C=O) groups is 3. The Morgan fingerprint density at radius 1 is 0.789 bits per heavy atom. The molecule has 0 unspecified atom stereocenters. The van der Waals surface area contributed by atoms with Crippen LogP contribution in [0.15, 0.2) is 48.5 Å². The standard InChI is InChI=1S/C31H42N2O5/c1-19(2)16-26(28(34)32-27(17-20(3)4)29(35)38-31(5,6)7)33-30(36)37-18-25-23-14-10-8-12-21(23)22-13-9-11-15-24(22)25/h8-15,19-20,25-27H,16-18H2,1-7H3,(H,32,34)(H,33,36)/t26-,27-/m0/s1. The fraction of sp³-hybridized carbons (Fsp3) is 0.516. The summed E-state index contributed by atoms with van der Waals surface area (Å²) in [6.07, 6.45) is 0.170.